The van der Waals surface area contributed by atoms with Gasteiger partial charge in [-0.15, -0.1) is 0 Å². The van der Waals surface area contributed by atoms with Gasteiger partial charge in [0.15, 0.2) is 0 Å². The number of rotatable bonds is 3. The summed E-state index contributed by atoms with van der Waals surface area (Å²) < 4.78 is 11.5. The van der Waals surface area contributed by atoms with Crippen molar-refractivity contribution in [2.45, 2.75) is 71.2 Å². The van der Waals surface area contributed by atoms with Gasteiger partial charge in [0.2, 0.25) is 17.7 Å². The molecule has 198 valence electrons. The van der Waals surface area contributed by atoms with Gasteiger partial charge in [0.1, 0.15) is 24.4 Å². The summed E-state index contributed by atoms with van der Waals surface area (Å²) in [6.45, 7) is 8.90. The van der Waals surface area contributed by atoms with Crippen LogP contribution in [0, 0.1) is 5.92 Å². The standard InChI is InChI=1S/C26H38N4O6/c1-16(2)13-21-25(33)27-11-12-35-22-8-6-5-7-19(22)24(32)29-20(9-10-23(31)28-21)26(34)30-14-17(3)36-18(4)15-30/h5-8,16-18,20-21H,9-15H2,1-4H3,(H,27,33)(H,28,31)(H,29,32)/t17-,18+,20-,21-/m0/s1. The molecule has 0 bridgehead atoms. The van der Waals surface area contributed by atoms with Crippen molar-refractivity contribution in [1.82, 2.24) is 20.9 Å². The zero-order valence-electron chi connectivity index (χ0n) is 21.5. The molecular weight excluding hydrogens is 464 g/mol. The summed E-state index contributed by atoms with van der Waals surface area (Å²) in [6, 6.07) is 5.13. The first kappa shape index (κ1) is 27.4. The number of para-hydroxylation sites is 1. The molecule has 3 N–H and O–H groups in total. The molecule has 1 fully saturated rings. The van der Waals surface area contributed by atoms with Crippen LogP contribution in [0.3, 0.4) is 0 Å². The topological polar surface area (TPSA) is 126 Å². The van der Waals surface area contributed by atoms with E-state index in [1.165, 1.54) is 0 Å². The average molecular weight is 503 g/mol. The van der Waals surface area contributed by atoms with Crippen LogP contribution >= 0.6 is 0 Å². The first-order valence-corrected chi connectivity index (χ1v) is 12.7. The fraction of sp³-hybridized carbons (Fsp3) is 0.615. The number of nitrogens with one attached hydrogen (secondary N) is 3. The Kier molecular flexibility index (Phi) is 9.69. The first-order valence-electron chi connectivity index (χ1n) is 12.7. The normalized spacial score (nSPS) is 26.5. The zero-order chi connectivity index (χ0) is 26.2. The lowest BCUT2D eigenvalue weighted by atomic mass is 10.0. The van der Waals surface area contributed by atoms with Crippen LogP contribution in [-0.2, 0) is 19.1 Å². The Morgan fingerprint density at radius 3 is 2.47 bits per heavy atom. The van der Waals surface area contributed by atoms with E-state index >= 15 is 0 Å². The fourth-order valence-corrected chi connectivity index (χ4v) is 4.55. The number of benzene rings is 1. The number of ether oxygens (including phenoxy) is 2. The van der Waals surface area contributed by atoms with Crippen LogP contribution in [0.5, 0.6) is 5.75 Å². The molecule has 1 aromatic rings. The Labute approximate surface area is 212 Å². The van der Waals surface area contributed by atoms with Gasteiger partial charge in [-0.05, 0) is 44.7 Å². The van der Waals surface area contributed by atoms with E-state index in [1.807, 2.05) is 27.7 Å². The highest BCUT2D eigenvalue weighted by Crippen LogP contribution is 2.19. The van der Waals surface area contributed by atoms with Crippen molar-refractivity contribution in [2.75, 3.05) is 26.2 Å². The van der Waals surface area contributed by atoms with Gasteiger partial charge >= 0.3 is 0 Å². The second kappa shape index (κ2) is 12.7. The molecule has 10 nitrogen and oxygen atoms in total. The van der Waals surface area contributed by atoms with Gasteiger partial charge in [-0.25, -0.2) is 0 Å². The Balaban J connectivity index is 1.86. The molecule has 0 aliphatic carbocycles. The number of hydrogen-bond donors (Lipinski definition) is 3. The molecule has 0 radical (unpaired) electrons. The molecular formula is C26H38N4O6. The van der Waals surface area contributed by atoms with Gasteiger partial charge in [0, 0.05) is 19.5 Å². The summed E-state index contributed by atoms with van der Waals surface area (Å²) in [4.78, 5) is 54.0. The van der Waals surface area contributed by atoms with Gasteiger partial charge < -0.3 is 30.3 Å². The van der Waals surface area contributed by atoms with Crippen LogP contribution in [0.4, 0.5) is 0 Å². The number of carbonyl (C=O) groups excluding carboxylic acids is 4. The van der Waals surface area contributed by atoms with Gasteiger partial charge in [0.05, 0.1) is 24.3 Å². The van der Waals surface area contributed by atoms with E-state index in [4.69, 9.17) is 9.47 Å². The highest BCUT2D eigenvalue weighted by atomic mass is 16.5. The number of nitrogens with zero attached hydrogens (tertiary/aromatic N) is 1. The molecule has 0 spiro atoms. The molecule has 4 atom stereocenters. The molecule has 10 heteroatoms. The van der Waals surface area contributed by atoms with Crippen molar-refractivity contribution in [3.05, 3.63) is 29.8 Å². The fourth-order valence-electron chi connectivity index (χ4n) is 4.55. The van der Waals surface area contributed by atoms with Gasteiger partial charge in [-0.1, -0.05) is 26.0 Å². The third-order valence-corrected chi connectivity index (χ3v) is 6.14. The Bertz CT molecular complexity index is 942. The molecule has 3 rings (SSSR count). The second-order valence-electron chi connectivity index (χ2n) is 9.95. The predicted molar refractivity (Wildman–Crippen MR) is 133 cm³/mol. The maximum absolute atomic E-state index is 13.5. The SMILES string of the molecule is CC(C)C[C@@H]1NC(=O)CC[C@@H](C(=O)N2C[C@@H](C)O[C@@H](C)C2)NC(=O)c2ccccc2OCCNC1=O. The van der Waals surface area contributed by atoms with Crippen LogP contribution in [0.15, 0.2) is 24.3 Å². The number of morpholine rings is 1. The highest BCUT2D eigenvalue weighted by molar-refractivity contribution is 6.00. The van der Waals surface area contributed by atoms with Crippen molar-refractivity contribution < 1.29 is 28.7 Å². The Morgan fingerprint density at radius 1 is 1.08 bits per heavy atom. The molecule has 0 unspecified atom stereocenters. The number of hydrogen-bond acceptors (Lipinski definition) is 6. The minimum absolute atomic E-state index is 0.0217. The lowest BCUT2D eigenvalue weighted by Crippen LogP contribution is -2.55. The molecule has 1 aromatic carbocycles. The summed E-state index contributed by atoms with van der Waals surface area (Å²) in [5.74, 6) is -0.829. The second-order valence-corrected chi connectivity index (χ2v) is 9.95. The van der Waals surface area contributed by atoms with Crippen molar-refractivity contribution in [3.8, 4) is 5.75 Å². The predicted octanol–water partition coefficient (Wildman–Crippen LogP) is 1.24. The lowest BCUT2D eigenvalue weighted by Gasteiger charge is -2.37. The van der Waals surface area contributed by atoms with E-state index in [0.717, 1.165) is 0 Å². The Hall–Kier alpha value is -3.14. The van der Waals surface area contributed by atoms with Crippen molar-refractivity contribution >= 4 is 23.6 Å². The monoisotopic (exact) mass is 502 g/mol. The van der Waals surface area contributed by atoms with Crippen molar-refractivity contribution in [3.63, 3.8) is 0 Å². The Morgan fingerprint density at radius 2 is 1.78 bits per heavy atom. The summed E-state index contributed by atoms with van der Waals surface area (Å²) in [5.41, 5.74) is 0.280. The zero-order valence-corrected chi connectivity index (χ0v) is 21.5. The van der Waals surface area contributed by atoms with E-state index in [9.17, 15) is 19.2 Å². The van der Waals surface area contributed by atoms with E-state index in [-0.39, 0.29) is 67.4 Å². The maximum atomic E-state index is 13.5. The quantitative estimate of drug-likeness (QED) is 0.571. The summed E-state index contributed by atoms with van der Waals surface area (Å²) in [6.07, 6.45) is 0.276. The maximum Gasteiger partial charge on any atom is 0.255 e. The minimum atomic E-state index is -0.920. The number of amides is 4. The molecule has 1 saturated heterocycles. The molecule has 2 aliphatic heterocycles. The molecule has 0 saturated carbocycles. The number of carbonyl (C=O) groups is 4. The molecule has 36 heavy (non-hydrogen) atoms. The first-order chi connectivity index (χ1) is 17.1. The van der Waals surface area contributed by atoms with E-state index in [1.54, 1.807) is 29.2 Å². The lowest BCUT2D eigenvalue weighted by molar-refractivity contribution is -0.145. The summed E-state index contributed by atoms with van der Waals surface area (Å²) in [7, 11) is 0. The summed E-state index contributed by atoms with van der Waals surface area (Å²) >= 11 is 0. The number of fused-ring (bicyclic) bond motifs is 1. The average Bonchev–Trinajstić information content (AvgIpc) is 2.82. The van der Waals surface area contributed by atoms with E-state index < -0.39 is 18.0 Å². The molecule has 2 heterocycles. The van der Waals surface area contributed by atoms with Gasteiger partial charge in [-0.3, -0.25) is 19.2 Å². The molecule has 4 amide bonds. The molecule has 2 aliphatic rings. The summed E-state index contributed by atoms with van der Waals surface area (Å²) in [5, 5.41) is 8.42. The van der Waals surface area contributed by atoms with Crippen molar-refractivity contribution in [1.29, 1.82) is 0 Å². The van der Waals surface area contributed by atoms with E-state index in [2.05, 4.69) is 16.0 Å². The third kappa shape index (κ3) is 7.68. The van der Waals surface area contributed by atoms with Crippen LogP contribution < -0.4 is 20.7 Å². The minimum Gasteiger partial charge on any atom is -0.491 e. The van der Waals surface area contributed by atoms with E-state index in [0.29, 0.717) is 25.3 Å². The van der Waals surface area contributed by atoms with Gasteiger partial charge in [-0.2, -0.15) is 0 Å². The van der Waals surface area contributed by atoms with Crippen LogP contribution in [0.2, 0.25) is 0 Å². The van der Waals surface area contributed by atoms with Crippen LogP contribution in [-0.4, -0.2) is 79.1 Å². The molecule has 0 aromatic heterocycles. The van der Waals surface area contributed by atoms with Gasteiger partial charge in [0.25, 0.3) is 5.91 Å². The largest absolute Gasteiger partial charge is 0.491 e. The smallest absolute Gasteiger partial charge is 0.255 e. The third-order valence-electron chi connectivity index (χ3n) is 6.14. The van der Waals surface area contributed by atoms with Crippen LogP contribution in [0.25, 0.3) is 0 Å². The van der Waals surface area contributed by atoms with Crippen LogP contribution in [0.1, 0.15) is 57.3 Å². The van der Waals surface area contributed by atoms with Crippen molar-refractivity contribution in [2.24, 2.45) is 5.92 Å². The highest BCUT2D eigenvalue weighted by Gasteiger charge is 2.33.